The number of pyridine rings is 1. The number of nitrogens with one attached hydrogen (secondary N) is 1. The van der Waals surface area contributed by atoms with Gasteiger partial charge in [0.25, 0.3) is 10.0 Å². The number of nitrogens with zero attached hydrogens (tertiary/aromatic N) is 5. The number of hydrogen-bond donors (Lipinski definition) is 2. The summed E-state index contributed by atoms with van der Waals surface area (Å²) in [5, 5.41) is 16.5. The predicted molar refractivity (Wildman–Crippen MR) is 138 cm³/mol. The predicted octanol–water partition coefficient (Wildman–Crippen LogP) is 3.04. The third-order valence-corrected chi connectivity index (χ3v) is 9.37. The van der Waals surface area contributed by atoms with Gasteiger partial charge in [-0.25, -0.2) is 13.1 Å². The van der Waals surface area contributed by atoms with E-state index in [2.05, 4.69) is 20.3 Å². The van der Waals surface area contributed by atoms with Crippen molar-refractivity contribution in [1.82, 2.24) is 19.7 Å². The molecule has 0 aromatic carbocycles. The summed E-state index contributed by atoms with van der Waals surface area (Å²) in [4.78, 5) is 19.1. The molecule has 2 aliphatic rings. The fraction of sp³-hybridized carbons (Fsp3) is 0.640. The van der Waals surface area contributed by atoms with Gasteiger partial charge in [0, 0.05) is 32.1 Å². The summed E-state index contributed by atoms with van der Waals surface area (Å²) in [6.07, 6.45) is 3.10. The van der Waals surface area contributed by atoms with Gasteiger partial charge in [-0.05, 0) is 37.2 Å². The number of rotatable bonds is 7. The first-order valence-corrected chi connectivity index (χ1v) is 14.2. The first-order valence-electron chi connectivity index (χ1n) is 12.7. The van der Waals surface area contributed by atoms with E-state index in [9.17, 15) is 27.1 Å². The van der Waals surface area contributed by atoms with Crippen LogP contribution in [0.2, 0.25) is 0 Å². The molecule has 2 aromatic rings. The number of fused-ring (bicyclic) bond motifs is 1. The number of aryl methyl sites for hydroxylation is 1. The number of aliphatic hydroxyl groups is 1. The van der Waals surface area contributed by atoms with Crippen LogP contribution in [0, 0.1) is 24.2 Å². The second kappa shape index (κ2) is 10.5. The Morgan fingerprint density at radius 1 is 1.29 bits per heavy atom. The highest BCUT2D eigenvalue weighted by molar-refractivity contribution is 7.92. The van der Waals surface area contributed by atoms with Gasteiger partial charge in [0.2, 0.25) is 5.91 Å². The molecule has 0 spiro atoms. The lowest BCUT2D eigenvalue weighted by atomic mass is 9.81. The van der Waals surface area contributed by atoms with Gasteiger partial charge in [0.1, 0.15) is 4.90 Å². The SMILES string of the molecule is Cc1nn(C(F)F)cc1S(=O)(=O)N1C[C@@H](CN2CC[C@@H](O)C2)Cc2ncc(NC(=O)C(C)C(C)(C)C)cc21. The Bertz CT molecular complexity index is 1290. The van der Waals surface area contributed by atoms with E-state index < -0.39 is 22.7 Å². The van der Waals surface area contributed by atoms with Crippen molar-refractivity contribution < 1.29 is 27.1 Å². The Morgan fingerprint density at radius 2 is 2.00 bits per heavy atom. The number of anilines is 2. The van der Waals surface area contributed by atoms with Crippen LogP contribution in [0.3, 0.4) is 0 Å². The molecule has 2 N–H and O–H groups in total. The summed E-state index contributed by atoms with van der Waals surface area (Å²) in [6.45, 7) is 7.97. The van der Waals surface area contributed by atoms with Gasteiger partial charge >= 0.3 is 6.55 Å². The smallest absolute Gasteiger partial charge is 0.333 e. The van der Waals surface area contributed by atoms with Crippen molar-refractivity contribution in [2.75, 3.05) is 35.8 Å². The molecule has 210 valence electrons. The molecule has 4 rings (SSSR count). The Kier molecular flexibility index (Phi) is 7.84. The van der Waals surface area contributed by atoms with Gasteiger partial charge in [-0.1, -0.05) is 27.7 Å². The molecular formula is C25H36F2N6O4S. The number of aliphatic hydroxyl groups excluding tert-OH is 1. The molecule has 1 unspecified atom stereocenters. The maximum absolute atomic E-state index is 13.9. The average Bonchev–Trinajstić information content (AvgIpc) is 3.43. The number of carbonyl (C=O) groups is 1. The number of amides is 1. The summed E-state index contributed by atoms with van der Waals surface area (Å²) in [5.74, 6) is -0.674. The minimum atomic E-state index is -4.28. The van der Waals surface area contributed by atoms with Gasteiger partial charge < -0.3 is 15.3 Å². The number of β-amino-alcohol motifs (C(OH)–C–C–N with tert-alkyl or cyclic N) is 1. The van der Waals surface area contributed by atoms with E-state index >= 15 is 0 Å². The van der Waals surface area contributed by atoms with Crippen molar-refractivity contribution in [3.63, 3.8) is 0 Å². The summed E-state index contributed by atoms with van der Waals surface area (Å²) in [7, 11) is -4.28. The van der Waals surface area contributed by atoms with Gasteiger partial charge in [0.05, 0.1) is 41.3 Å². The van der Waals surface area contributed by atoms with Gasteiger partial charge in [0.15, 0.2) is 0 Å². The second-order valence-electron chi connectivity index (χ2n) is 11.4. The number of sulfonamides is 1. The van der Waals surface area contributed by atoms with Crippen molar-refractivity contribution >= 4 is 27.3 Å². The van der Waals surface area contributed by atoms with E-state index in [0.717, 1.165) is 6.20 Å². The van der Waals surface area contributed by atoms with Crippen molar-refractivity contribution in [3.8, 4) is 0 Å². The molecular weight excluding hydrogens is 518 g/mol. The zero-order valence-corrected chi connectivity index (χ0v) is 23.2. The number of halogens is 2. The molecule has 2 aromatic heterocycles. The maximum atomic E-state index is 13.9. The van der Waals surface area contributed by atoms with Gasteiger partial charge in [-0.2, -0.15) is 13.9 Å². The molecule has 2 aliphatic heterocycles. The highest BCUT2D eigenvalue weighted by Crippen LogP contribution is 2.37. The van der Waals surface area contributed by atoms with Crippen molar-refractivity contribution in [2.24, 2.45) is 17.3 Å². The zero-order valence-electron chi connectivity index (χ0n) is 22.4. The van der Waals surface area contributed by atoms with E-state index in [-0.39, 0.29) is 40.3 Å². The molecule has 0 radical (unpaired) electrons. The molecule has 38 heavy (non-hydrogen) atoms. The van der Waals surface area contributed by atoms with E-state index in [1.54, 1.807) is 6.07 Å². The highest BCUT2D eigenvalue weighted by Gasteiger charge is 2.38. The summed E-state index contributed by atoms with van der Waals surface area (Å²) in [5.41, 5.74) is 0.873. The van der Waals surface area contributed by atoms with Crippen molar-refractivity contribution in [3.05, 3.63) is 29.8 Å². The molecule has 13 heteroatoms. The lowest BCUT2D eigenvalue weighted by molar-refractivity contribution is -0.122. The molecule has 4 heterocycles. The molecule has 1 saturated heterocycles. The fourth-order valence-electron chi connectivity index (χ4n) is 4.87. The number of hydrogen-bond acceptors (Lipinski definition) is 7. The highest BCUT2D eigenvalue weighted by atomic mass is 32.2. The number of carbonyl (C=O) groups excluding carboxylic acids is 1. The van der Waals surface area contributed by atoms with Crippen molar-refractivity contribution in [1.29, 1.82) is 0 Å². The average molecular weight is 555 g/mol. The van der Waals surface area contributed by atoms with Crippen LogP contribution in [-0.2, 0) is 21.2 Å². The molecule has 10 nitrogen and oxygen atoms in total. The third kappa shape index (κ3) is 5.84. The quantitative estimate of drug-likeness (QED) is 0.540. The molecule has 0 aliphatic carbocycles. The van der Waals surface area contributed by atoms with Crippen LogP contribution < -0.4 is 9.62 Å². The Labute approximate surface area is 222 Å². The summed E-state index contributed by atoms with van der Waals surface area (Å²) >= 11 is 0. The molecule has 0 bridgehead atoms. The largest absolute Gasteiger partial charge is 0.392 e. The Morgan fingerprint density at radius 3 is 2.58 bits per heavy atom. The molecule has 3 atom stereocenters. The molecule has 1 amide bonds. The van der Waals surface area contributed by atoms with Crippen LogP contribution in [0.1, 0.15) is 52.1 Å². The minimum Gasteiger partial charge on any atom is -0.392 e. The first kappa shape index (κ1) is 28.4. The molecule has 1 fully saturated rings. The van der Waals surface area contributed by atoms with E-state index in [1.165, 1.54) is 17.4 Å². The maximum Gasteiger partial charge on any atom is 0.333 e. The lowest BCUT2D eigenvalue weighted by Crippen LogP contribution is -2.44. The van der Waals surface area contributed by atoms with Crippen LogP contribution in [-0.4, -0.2) is 71.4 Å². The zero-order chi connectivity index (χ0) is 28.0. The summed E-state index contributed by atoms with van der Waals surface area (Å²) < 4.78 is 55.9. The Hall–Kier alpha value is -2.64. The minimum absolute atomic E-state index is 0.0342. The third-order valence-electron chi connectivity index (χ3n) is 7.49. The number of alkyl halides is 2. The van der Waals surface area contributed by atoms with Crippen LogP contribution >= 0.6 is 0 Å². The van der Waals surface area contributed by atoms with Crippen LogP contribution in [0.25, 0.3) is 0 Å². The number of likely N-dealkylation sites (tertiary alicyclic amines) is 1. The van der Waals surface area contributed by atoms with Crippen LogP contribution in [0.5, 0.6) is 0 Å². The molecule has 0 saturated carbocycles. The summed E-state index contributed by atoms with van der Waals surface area (Å²) in [6, 6.07) is 1.58. The van der Waals surface area contributed by atoms with Gasteiger partial charge in [-0.15, -0.1) is 0 Å². The second-order valence-corrected chi connectivity index (χ2v) is 13.2. The topological polar surface area (TPSA) is 121 Å². The first-order chi connectivity index (χ1) is 17.7. The number of aromatic nitrogens is 3. The van der Waals surface area contributed by atoms with E-state index in [4.69, 9.17) is 0 Å². The van der Waals surface area contributed by atoms with Crippen LogP contribution in [0.15, 0.2) is 23.4 Å². The lowest BCUT2D eigenvalue weighted by Gasteiger charge is -2.36. The van der Waals surface area contributed by atoms with E-state index in [0.29, 0.717) is 54.2 Å². The standard InChI is InChI=1S/C25H36F2N6O4S/c1-15(25(3,4)5)23(35)29-18-9-21-20(28-10-18)8-17(11-31-7-6-19(34)13-31)12-33(21)38(36,37)22-14-32(24(26)27)30-16(22)2/h9-10,14-15,17,19,24,34H,6-8,11-13H2,1-5H3,(H,29,35)/t15?,17-,19-/m1/s1. The van der Waals surface area contributed by atoms with Crippen molar-refractivity contribution in [2.45, 2.75) is 65.0 Å². The Balaban J connectivity index is 1.70. The van der Waals surface area contributed by atoms with E-state index in [1.807, 2.05) is 27.7 Å². The van der Waals surface area contributed by atoms with Gasteiger partial charge in [-0.3, -0.25) is 14.1 Å². The van der Waals surface area contributed by atoms with Crippen LogP contribution in [0.4, 0.5) is 20.2 Å². The normalized spacial score (nSPS) is 21.6. The monoisotopic (exact) mass is 554 g/mol. The fourth-order valence-corrected chi connectivity index (χ4v) is 6.58.